The van der Waals surface area contributed by atoms with E-state index in [4.69, 9.17) is 10.5 Å². The number of nitrogens with one attached hydrogen (secondary N) is 1. The van der Waals surface area contributed by atoms with Crippen LogP contribution >= 0.6 is 0 Å². The number of nitrogens with zero attached hydrogens (tertiary/aromatic N) is 2. The van der Waals surface area contributed by atoms with Crippen LogP contribution in [-0.4, -0.2) is 43.1 Å². The lowest BCUT2D eigenvalue weighted by Gasteiger charge is -2.44. The summed E-state index contributed by atoms with van der Waals surface area (Å²) in [6.45, 7) is 2.43. The fourth-order valence-corrected chi connectivity index (χ4v) is 3.86. The number of hydrogen-bond donors (Lipinski definition) is 3. The number of carbonyl (C=O) groups excluding carboxylic acids is 1. The van der Waals surface area contributed by atoms with Crippen molar-refractivity contribution in [2.75, 3.05) is 34.8 Å². The van der Waals surface area contributed by atoms with Crippen LogP contribution in [0.2, 0.25) is 0 Å². The molecule has 1 fully saturated rings. The van der Waals surface area contributed by atoms with E-state index in [2.05, 4.69) is 27.2 Å². The number of nitrogens with two attached hydrogens (primary N) is 1. The van der Waals surface area contributed by atoms with E-state index >= 15 is 0 Å². The van der Waals surface area contributed by atoms with Crippen LogP contribution < -0.4 is 25.6 Å². The van der Waals surface area contributed by atoms with Crippen molar-refractivity contribution in [3.05, 3.63) is 48.5 Å². The molecular formula is C20H24N4O3. The second-order valence-electron chi connectivity index (χ2n) is 6.90. The molecule has 0 aromatic heterocycles. The number of hydrogen-bond acceptors (Lipinski definition) is 6. The molecule has 2 aliphatic rings. The Kier molecular flexibility index (Phi) is 4.77. The Bertz CT molecular complexity index is 814. The summed E-state index contributed by atoms with van der Waals surface area (Å²) in [5.41, 5.74) is 8.29. The molecule has 4 N–H and O–H groups in total. The summed E-state index contributed by atoms with van der Waals surface area (Å²) in [7, 11) is 0. The molecule has 2 atom stereocenters. The predicted molar refractivity (Wildman–Crippen MR) is 105 cm³/mol. The Morgan fingerprint density at radius 3 is 2.78 bits per heavy atom. The molecule has 0 saturated carbocycles. The van der Waals surface area contributed by atoms with Crippen LogP contribution in [0.1, 0.15) is 12.8 Å². The Morgan fingerprint density at radius 1 is 1.19 bits per heavy atom. The maximum absolute atomic E-state index is 11.4. The number of aliphatic hydroxyl groups excluding tert-OH is 1. The Balaban J connectivity index is 1.60. The Morgan fingerprint density at radius 2 is 2.00 bits per heavy atom. The number of carbonyl (C=O) groups is 1. The molecule has 4 rings (SSSR count). The molecule has 2 unspecified atom stereocenters. The highest BCUT2D eigenvalue weighted by atomic mass is 16.6. The standard InChI is InChI=1S/C20H24N4O3/c21-18(25)10-9-15-13-23(14-5-2-1-3-6-14)11-12-24(15)17-8-4-7-16-19(17)27-20(26)22-16/h1-8,15,20,22,26H,9-13H2,(H2,21,25). The van der Waals surface area contributed by atoms with Crippen LogP contribution in [-0.2, 0) is 4.79 Å². The smallest absolute Gasteiger partial charge is 0.279 e. The second kappa shape index (κ2) is 7.36. The molecular weight excluding hydrogens is 344 g/mol. The van der Waals surface area contributed by atoms with Gasteiger partial charge in [0, 0.05) is 37.8 Å². The quantitative estimate of drug-likeness (QED) is 0.745. The maximum Gasteiger partial charge on any atom is 0.279 e. The molecule has 1 amide bonds. The monoisotopic (exact) mass is 368 g/mol. The minimum absolute atomic E-state index is 0.110. The van der Waals surface area contributed by atoms with Gasteiger partial charge in [-0.25, -0.2) is 0 Å². The van der Waals surface area contributed by atoms with Crippen LogP contribution in [0.15, 0.2) is 48.5 Å². The van der Waals surface area contributed by atoms with Gasteiger partial charge >= 0.3 is 0 Å². The van der Waals surface area contributed by atoms with Crippen molar-refractivity contribution in [1.29, 1.82) is 0 Å². The third-order valence-corrected chi connectivity index (χ3v) is 5.14. The summed E-state index contributed by atoms with van der Waals surface area (Å²) < 4.78 is 5.57. The number of para-hydroxylation sites is 2. The number of fused-ring (bicyclic) bond motifs is 1. The van der Waals surface area contributed by atoms with Gasteiger partial charge in [-0.3, -0.25) is 4.79 Å². The number of aliphatic hydroxyl groups is 1. The van der Waals surface area contributed by atoms with Gasteiger partial charge in [-0.1, -0.05) is 24.3 Å². The van der Waals surface area contributed by atoms with Gasteiger partial charge in [0.05, 0.1) is 11.4 Å². The van der Waals surface area contributed by atoms with Crippen LogP contribution in [0.5, 0.6) is 5.75 Å². The van der Waals surface area contributed by atoms with E-state index in [-0.39, 0.29) is 11.9 Å². The van der Waals surface area contributed by atoms with Gasteiger partial charge in [-0.05, 0) is 30.7 Å². The minimum Gasteiger partial charge on any atom is -0.443 e. The highest BCUT2D eigenvalue weighted by Crippen LogP contribution is 2.42. The fraction of sp³-hybridized carbons (Fsp3) is 0.350. The largest absolute Gasteiger partial charge is 0.443 e. The second-order valence-corrected chi connectivity index (χ2v) is 6.90. The van der Waals surface area contributed by atoms with Crippen molar-refractivity contribution >= 4 is 23.0 Å². The normalized spacial score (nSPS) is 21.4. The maximum atomic E-state index is 11.4. The summed E-state index contributed by atoms with van der Waals surface area (Å²) in [6.07, 6.45) is -0.0328. The van der Waals surface area contributed by atoms with E-state index in [1.54, 1.807) is 0 Å². The van der Waals surface area contributed by atoms with Crippen LogP contribution in [0, 0.1) is 0 Å². The number of rotatable bonds is 5. The molecule has 2 aromatic rings. The lowest BCUT2D eigenvalue weighted by molar-refractivity contribution is -0.118. The molecule has 0 radical (unpaired) electrons. The topological polar surface area (TPSA) is 91.1 Å². The van der Waals surface area contributed by atoms with Crippen LogP contribution in [0.3, 0.4) is 0 Å². The van der Waals surface area contributed by atoms with Crippen molar-refractivity contribution in [2.45, 2.75) is 25.3 Å². The Hall–Kier alpha value is -2.93. The number of benzene rings is 2. The summed E-state index contributed by atoms with van der Waals surface area (Å²) in [6, 6.07) is 16.2. The zero-order valence-corrected chi connectivity index (χ0v) is 15.0. The number of piperazine rings is 1. The van der Waals surface area contributed by atoms with Gasteiger partial charge < -0.3 is 30.7 Å². The highest BCUT2D eigenvalue weighted by molar-refractivity contribution is 5.76. The van der Waals surface area contributed by atoms with Crippen molar-refractivity contribution in [1.82, 2.24) is 0 Å². The average Bonchev–Trinajstić information content (AvgIpc) is 3.07. The summed E-state index contributed by atoms with van der Waals surface area (Å²) >= 11 is 0. The predicted octanol–water partition coefficient (Wildman–Crippen LogP) is 1.73. The number of anilines is 3. The van der Waals surface area contributed by atoms with Gasteiger partial charge in [-0.2, -0.15) is 0 Å². The molecule has 7 nitrogen and oxygen atoms in total. The van der Waals surface area contributed by atoms with Crippen LogP contribution in [0.4, 0.5) is 17.1 Å². The van der Waals surface area contributed by atoms with Crippen molar-refractivity contribution in [3.8, 4) is 5.75 Å². The first kappa shape index (κ1) is 17.5. The van der Waals surface area contributed by atoms with Gasteiger partial charge in [0.1, 0.15) is 0 Å². The van der Waals surface area contributed by atoms with Crippen molar-refractivity contribution in [2.24, 2.45) is 5.73 Å². The molecule has 142 valence electrons. The van der Waals surface area contributed by atoms with E-state index in [0.29, 0.717) is 18.6 Å². The van der Waals surface area contributed by atoms with Crippen molar-refractivity contribution < 1.29 is 14.6 Å². The average molecular weight is 368 g/mol. The molecule has 2 aliphatic heterocycles. The molecule has 27 heavy (non-hydrogen) atoms. The molecule has 0 bridgehead atoms. The Labute approximate surface area is 158 Å². The zero-order valence-electron chi connectivity index (χ0n) is 15.0. The van der Waals surface area contributed by atoms with E-state index < -0.39 is 6.41 Å². The van der Waals surface area contributed by atoms with E-state index in [9.17, 15) is 9.90 Å². The van der Waals surface area contributed by atoms with E-state index in [1.807, 2.05) is 36.4 Å². The summed E-state index contributed by atoms with van der Waals surface area (Å²) in [4.78, 5) is 16.0. The number of primary amides is 1. The zero-order chi connectivity index (χ0) is 18.8. The first-order valence-electron chi connectivity index (χ1n) is 9.21. The van der Waals surface area contributed by atoms with E-state index in [0.717, 1.165) is 31.0 Å². The summed E-state index contributed by atoms with van der Waals surface area (Å²) in [5.74, 6) is 0.362. The molecule has 2 aromatic carbocycles. The molecule has 0 aliphatic carbocycles. The third-order valence-electron chi connectivity index (χ3n) is 5.14. The van der Waals surface area contributed by atoms with Gasteiger partial charge in [0.25, 0.3) is 6.41 Å². The minimum atomic E-state index is -1.03. The van der Waals surface area contributed by atoms with Gasteiger partial charge in [0.15, 0.2) is 5.75 Å². The molecule has 2 heterocycles. The van der Waals surface area contributed by atoms with Crippen molar-refractivity contribution in [3.63, 3.8) is 0 Å². The number of amides is 1. The molecule has 0 spiro atoms. The van der Waals surface area contributed by atoms with Crippen LogP contribution in [0.25, 0.3) is 0 Å². The molecule has 7 heteroatoms. The fourth-order valence-electron chi connectivity index (χ4n) is 3.86. The first-order chi connectivity index (χ1) is 13.1. The summed E-state index contributed by atoms with van der Waals surface area (Å²) in [5, 5.41) is 12.7. The SMILES string of the molecule is NC(=O)CCC1CN(c2ccccc2)CCN1c1cccc2c1OC(O)N2. The van der Waals surface area contributed by atoms with E-state index in [1.165, 1.54) is 5.69 Å². The lowest BCUT2D eigenvalue weighted by atomic mass is 10.0. The lowest BCUT2D eigenvalue weighted by Crippen LogP contribution is -2.53. The van der Waals surface area contributed by atoms with Gasteiger partial charge in [0.2, 0.25) is 5.91 Å². The molecule has 1 saturated heterocycles. The first-order valence-corrected chi connectivity index (χ1v) is 9.21. The highest BCUT2D eigenvalue weighted by Gasteiger charge is 2.32. The third kappa shape index (κ3) is 3.64. The number of ether oxygens (including phenoxy) is 1. The van der Waals surface area contributed by atoms with Gasteiger partial charge in [-0.15, -0.1) is 0 Å².